The van der Waals surface area contributed by atoms with Gasteiger partial charge in [0.1, 0.15) is 6.04 Å². The van der Waals surface area contributed by atoms with Crippen molar-refractivity contribution in [3.63, 3.8) is 0 Å². The molecule has 0 bridgehead atoms. The lowest BCUT2D eigenvalue weighted by molar-refractivity contribution is -0.123. The van der Waals surface area contributed by atoms with E-state index in [1.807, 2.05) is 72.2 Å². The second kappa shape index (κ2) is 6.84. The van der Waals surface area contributed by atoms with Crippen LogP contribution in [0.5, 0.6) is 0 Å². The van der Waals surface area contributed by atoms with E-state index in [9.17, 15) is 4.79 Å². The van der Waals surface area contributed by atoms with Crippen LogP contribution in [0.1, 0.15) is 23.1 Å². The standard InChI is InChI=1S/C20H18N4O2/c1-14-11-16(26-23-14)12-21-20(25)19(15-7-3-2-4-8-15)24-13-22-17-9-5-6-10-18(17)24/h2-11,13,19H,12H2,1H3,(H,21,25)/t19-/m0/s1. The molecule has 26 heavy (non-hydrogen) atoms. The van der Waals surface area contributed by atoms with Crippen LogP contribution in [0.4, 0.5) is 0 Å². The molecule has 1 amide bonds. The zero-order valence-electron chi connectivity index (χ0n) is 14.3. The highest BCUT2D eigenvalue weighted by Gasteiger charge is 2.24. The van der Waals surface area contributed by atoms with Crippen LogP contribution in [0.2, 0.25) is 0 Å². The molecule has 0 saturated carbocycles. The van der Waals surface area contributed by atoms with E-state index >= 15 is 0 Å². The summed E-state index contributed by atoms with van der Waals surface area (Å²) in [7, 11) is 0. The van der Waals surface area contributed by atoms with Crippen LogP contribution in [-0.4, -0.2) is 20.6 Å². The maximum Gasteiger partial charge on any atom is 0.248 e. The van der Waals surface area contributed by atoms with Gasteiger partial charge in [0, 0.05) is 6.07 Å². The van der Waals surface area contributed by atoms with Gasteiger partial charge in [-0.3, -0.25) is 4.79 Å². The highest BCUT2D eigenvalue weighted by atomic mass is 16.5. The molecule has 1 atom stereocenters. The first-order valence-electron chi connectivity index (χ1n) is 8.39. The minimum Gasteiger partial charge on any atom is -0.359 e. The Bertz CT molecular complexity index is 1040. The van der Waals surface area contributed by atoms with Crippen molar-refractivity contribution < 1.29 is 9.32 Å². The highest BCUT2D eigenvalue weighted by Crippen LogP contribution is 2.24. The normalized spacial score (nSPS) is 12.2. The largest absolute Gasteiger partial charge is 0.359 e. The summed E-state index contributed by atoms with van der Waals surface area (Å²) in [5.74, 6) is 0.492. The fraction of sp³-hybridized carbons (Fsp3) is 0.150. The molecule has 2 heterocycles. The molecule has 2 aromatic carbocycles. The number of hydrogen-bond donors (Lipinski definition) is 1. The summed E-state index contributed by atoms with van der Waals surface area (Å²) in [5.41, 5.74) is 3.44. The van der Waals surface area contributed by atoms with Crippen LogP contribution in [0, 0.1) is 6.92 Å². The molecule has 0 aliphatic carbocycles. The summed E-state index contributed by atoms with van der Waals surface area (Å²) in [6.45, 7) is 2.13. The molecule has 130 valence electrons. The van der Waals surface area contributed by atoms with Crippen molar-refractivity contribution in [3.8, 4) is 0 Å². The van der Waals surface area contributed by atoms with Crippen LogP contribution in [-0.2, 0) is 11.3 Å². The molecule has 0 aliphatic rings. The number of amides is 1. The Labute approximate surface area is 150 Å². The van der Waals surface area contributed by atoms with Gasteiger partial charge in [-0.2, -0.15) is 0 Å². The monoisotopic (exact) mass is 346 g/mol. The molecular weight excluding hydrogens is 328 g/mol. The molecule has 2 aromatic heterocycles. The quantitative estimate of drug-likeness (QED) is 0.602. The van der Waals surface area contributed by atoms with Gasteiger partial charge in [0.25, 0.3) is 0 Å². The van der Waals surface area contributed by atoms with Crippen LogP contribution >= 0.6 is 0 Å². The molecule has 6 nitrogen and oxygen atoms in total. The highest BCUT2D eigenvalue weighted by molar-refractivity contribution is 5.86. The SMILES string of the molecule is Cc1cc(CNC(=O)[C@H](c2ccccc2)n2cnc3ccccc32)on1. The van der Waals surface area contributed by atoms with E-state index in [2.05, 4.69) is 15.5 Å². The van der Waals surface area contributed by atoms with Crippen molar-refractivity contribution in [3.05, 3.63) is 84.0 Å². The minimum absolute atomic E-state index is 0.131. The fourth-order valence-corrected chi connectivity index (χ4v) is 3.03. The fourth-order valence-electron chi connectivity index (χ4n) is 3.03. The average molecular weight is 346 g/mol. The van der Waals surface area contributed by atoms with E-state index in [1.54, 1.807) is 6.33 Å². The smallest absolute Gasteiger partial charge is 0.248 e. The maximum absolute atomic E-state index is 13.0. The lowest BCUT2D eigenvalue weighted by Crippen LogP contribution is -2.32. The third kappa shape index (κ3) is 3.09. The Kier molecular flexibility index (Phi) is 4.23. The topological polar surface area (TPSA) is 73.0 Å². The van der Waals surface area contributed by atoms with Crippen molar-refractivity contribution >= 4 is 16.9 Å². The van der Waals surface area contributed by atoms with E-state index < -0.39 is 6.04 Å². The van der Waals surface area contributed by atoms with E-state index in [-0.39, 0.29) is 12.5 Å². The van der Waals surface area contributed by atoms with E-state index in [0.29, 0.717) is 5.76 Å². The summed E-state index contributed by atoms with van der Waals surface area (Å²) < 4.78 is 7.07. The van der Waals surface area contributed by atoms with Crippen molar-refractivity contribution in [2.45, 2.75) is 19.5 Å². The van der Waals surface area contributed by atoms with Crippen LogP contribution in [0.15, 0.2) is 71.5 Å². The summed E-state index contributed by atoms with van der Waals surface area (Å²) in [4.78, 5) is 17.5. The van der Waals surface area contributed by atoms with Gasteiger partial charge in [-0.25, -0.2) is 4.98 Å². The average Bonchev–Trinajstić information content (AvgIpc) is 3.28. The predicted molar refractivity (Wildman–Crippen MR) is 97.4 cm³/mol. The number of aryl methyl sites for hydroxylation is 1. The molecule has 0 saturated heterocycles. The summed E-state index contributed by atoms with van der Waals surface area (Å²) in [6.07, 6.45) is 1.71. The van der Waals surface area contributed by atoms with Gasteiger partial charge in [-0.15, -0.1) is 0 Å². The number of fused-ring (bicyclic) bond motifs is 1. The number of para-hydroxylation sites is 2. The summed E-state index contributed by atoms with van der Waals surface area (Å²) >= 11 is 0. The minimum atomic E-state index is -0.521. The second-order valence-electron chi connectivity index (χ2n) is 6.11. The van der Waals surface area contributed by atoms with Crippen molar-refractivity contribution in [2.75, 3.05) is 0 Å². The second-order valence-corrected chi connectivity index (χ2v) is 6.11. The molecular formula is C20H18N4O2. The number of nitrogens with zero attached hydrogens (tertiary/aromatic N) is 3. The third-order valence-electron chi connectivity index (χ3n) is 4.24. The summed E-state index contributed by atoms with van der Waals surface area (Å²) in [6, 6.07) is 18.7. The van der Waals surface area contributed by atoms with Crippen LogP contribution in [0.25, 0.3) is 11.0 Å². The molecule has 0 aliphatic heterocycles. The van der Waals surface area contributed by atoms with Gasteiger partial charge in [0.15, 0.2) is 5.76 Å². The van der Waals surface area contributed by atoms with Gasteiger partial charge in [-0.1, -0.05) is 47.6 Å². The van der Waals surface area contributed by atoms with Gasteiger partial charge < -0.3 is 14.4 Å². The Balaban J connectivity index is 1.68. The van der Waals surface area contributed by atoms with Gasteiger partial charge in [0.05, 0.1) is 29.6 Å². The van der Waals surface area contributed by atoms with E-state index in [1.165, 1.54) is 0 Å². The molecule has 0 spiro atoms. The van der Waals surface area contributed by atoms with E-state index in [0.717, 1.165) is 22.3 Å². The zero-order valence-corrected chi connectivity index (χ0v) is 14.3. The number of imidazole rings is 1. The molecule has 4 rings (SSSR count). The van der Waals surface area contributed by atoms with E-state index in [4.69, 9.17) is 4.52 Å². The van der Waals surface area contributed by atoms with Crippen molar-refractivity contribution in [1.29, 1.82) is 0 Å². The molecule has 0 unspecified atom stereocenters. The predicted octanol–water partition coefficient (Wildman–Crippen LogP) is 3.24. The lowest BCUT2D eigenvalue weighted by atomic mass is 10.1. The molecule has 4 aromatic rings. The van der Waals surface area contributed by atoms with Gasteiger partial charge in [0.2, 0.25) is 5.91 Å². The number of rotatable bonds is 5. The molecule has 6 heteroatoms. The van der Waals surface area contributed by atoms with Gasteiger partial charge in [-0.05, 0) is 24.6 Å². The number of carbonyl (C=O) groups is 1. The number of nitrogens with one attached hydrogen (secondary N) is 1. The number of hydrogen-bond acceptors (Lipinski definition) is 4. The number of aromatic nitrogens is 3. The first-order valence-corrected chi connectivity index (χ1v) is 8.39. The first kappa shape index (κ1) is 16.1. The maximum atomic E-state index is 13.0. The first-order chi connectivity index (χ1) is 12.7. The van der Waals surface area contributed by atoms with Gasteiger partial charge >= 0.3 is 0 Å². The molecule has 0 fully saturated rings. The van der Waals surface area contributed by atoms with Crippen molar-refractivity contribution in [2.24, 2.45) is 0 Å². The third-order valence-corrected chi connectivity index (χ3v) is 4.24. The number of carbonyl (C=O) groups excluding carboxylic acids is 1. The van der Waals surface area contributed by atoms with Crippen LogP contribution < -0.4 is 5.32 Å². The molecule has 0 radical (unpaired) electrons. The Hall–Kier alpha value is -3.41. The van der Waals surface area contributed by atoms with Crippen LogP contribution in [0.3, 0.4) is 0 Å². The molecule has 1 N–H and O–H groups in total. The van der Waals surface area contributed by atoms with Crippen molar-refractivity contribution in [1.82, 2.24) is 20.0 Å². The summed E-state index contributed by atoms with van der Waals surface area (Å²) in [5, 5.41) is 6.79. The Morgan fingerprint density at radius 3 is 2.69 bits per heavy atom. The Morgan fingerprint density at radius 1 is 1.15 bits per heavy atom. The number of benzene rings is 2. The Morgan fingerprint density at radius 2 is 1.92 bits per heavy atom. The lowest BCUT2D eigenvalue weighted by Gasteiger charge is -2.19. The zero-order chi connectivity index (χ0) is 17.9.